The molecule has 0 aromatic carbocycles. The molecule has 0 aliphatic carbocycles. The van der Waals surface area contributed by atoms with Crippen molar-refractivity contribution in [2.45, 2.75) is 39.3 Å². The summed E-state index contributed by atoms with van der Waals surface area (Å²) in [5.74, 6) is -1.60. The summed E-state index contributed by atoms with van der Waals surface area (Å²) in [5, 5.41) is 3.87. The lowest BCUT2D eigenvalue weighted by molar-refractivity contribution is 0.0478. The molecule has 1 aliphatic heterocycles. The van der Waals surface area contributed by atoms with Gasteiger partial charge in [-0.2, -0.15) is 0 Å². The monoisotopic (exact) mass is 624 g/mol. The number of amides is 1. The minimum Gasteiger partial charge on any atom is -0.462 e. The Morgan fingerprint density at radius 3 is 2.53 bits per heavy atom. The fraction of sp³-hybridized carbons (Fsp3) is 0.524. The lowest BCUT2D eigenvalue weighted by atomic mass is 10.0. The number of aryl methyl sites for hydroxylation is 1. The molecule has 2 aromatic heterocycles. The van der Waals surface area contributed by atoms with Crippen LogP contribution in [-0.2, 0) is 14.2 Å². The van der Waals surface area contributed by atoms with Crippen molar-refractivity contribution in [3.63, 3.8) is 0 Å². The maximum atomic E-state index is 12.8. The maximum Gasteiger partial charge on any atom is 0.358 e. The molecule has 0 radical (unpaired) electrons. The van der Waals surface area contributed by atoms with E-state index in [0.29, 0.717) is 35.4 Å². The summed E-state index contributed by atoms with van der Waals surface area (Å²) >= 11 is 9.46. The second-order valence-electron chi connectivity index (χ2n) is 7.46. The van der Waals surface area contributed by atoms with Crippen LogP contribution in [0.25, 0.3) is 0 Å². The van der Waals surface area contributed by atoms with Crippen LogP contribution in [0.2, 0.25) is 5.02 Å². The minimum atomic E-state index is -0.675. The molecule has 1 fully saturated rings. The first-order chi connectivity index (χ1) is 16.2. The zero-order valence-corrected chi connectivity index (χ0v) is 22.9. The highest BCUT2D eigenvalue weighted by Crippen LogP contribution is 2.31. The van der Waals surface area contributed by atoms with Crippen molar-refractivity contribution < 1.29 is 28.6 Å². The molecule has 0 spiro atoms. The summed E-state index contributed by atoms with van der Waals surface area (Å²) in [7, 11) is 1.57. The molecule has 10 nitrogen and oxygen atoms in total. The Kier molecular flexibility index (Phi) is 9.18. The van der Waals surface area contributed by atoms with Gasteiger partial charge < -0.3 is 29.4 Å². The van der Waals surface area contributed by atoms with Crippen molar-refractivity contribution in [3.8, 4) is 0 Å². The second kappa shape index (κ2) is 11.7. The van der Waals surface area contributed by atoms with E-state index in [0.717, 1.165) is 20.6 Å². The Bertz CT molecular complexity index is 1040. The highest BCUT2D eigenvalue weighted by atomic mass is 127. The summed E-state index contributed by atoms with van der Waals surface area (Å²) in [5.41, 5.74) is 1.09. The van der Waals surface area contributed by atoms with Gasteiger partial charge in [-0.15, -0.1) is 0 Å². The number of halogens is 2. The van der Waals surface area contributed by atoms with E-state index >= 15 is 0 Å². The number of esters is 2. The van der Waals surface area contributed by atoms with Crippen LogP contribution >= 0.6 is 45.5 Å². The lowest BCUT2D eigenvalue weighted by Gasteiger charge is -2.37. The van der Waals surface area contributed by atoms with Crippen LogP contribution in [0.5, 0.6) is 0 Å². The van der Waals surface area contributed by atoms with Crippen LogP contribution in [0.1, 0.15) is 56.6 Å². The van der Waals surface area contributed by atoms with E-state index in [2.05, 4.69) is 37.9 Å². The molecule has 0 saturated carbocycles. The third kappa shape index (κ3) is 5.66. The van der Waals surface area contributed by atoms with E-state index in [9.17, 15) is 14.4 Å². The van der Waals surface area contributed by atoms with Crippen molar-refractivity contribution in [1.29, 1.82) is 0 Å². The van der Waals surface area contributed by atoms with Gasteiger partial charge in [-0.05, 0) is 49.8 Å². The number of hydrogen-bond donors (Lipinski definition) is 2. The number of carbonyl (C=O) groups excluding carboxylic acids is 3. The van der Waals surface area contributed by atoms with Crippen LogP contribution in [0.3, 0.4) is 0 Å². The number of anilines is 1. The third-order valence-corrected chi connectivity index (χ3v) is 8.42. The zero-order valence-electron chi connectivity index (χ0n) is 19.2. The zero-order chi connectivity index (χ0) is 25.0. The normalized spacial score (nSPS) is 18.0. The van der Waals surface area contributed by atoms with Gasteiger partial charge in [0.15, 0.2) is 10.8 Å². The second-order valence-corrected chi connectivity index (χ2v) is 9.89. The number of methoxy groups -OCH3 is 1. The van der Waals surface area contributed by atoms with E-state index < -0.39 is 11.9 Å². The maximum absolute atomic E-state index is 12.8. The predicted molar refractivity (Wildman–Crippen MR) is 136 cm³/mol. The molecule has 1 saturated heterocycles. The Labute approximate surface area is 219 Å². The fourth-order valence-corrected chi connectivity index (χ4v) is 5.24. The van der Waals surface area contributed by atoms with Crippen LogP contribution in [0.4, 0.5) is 5.13 Å². The van der Waals surface area contributed by atoms with Crippen molar-refractivity contribution in [2.75, 3.05) is 38.3 Å². The van der Waals surface area contributed by atoms with E-state index in [1.54, 1.807) is 21.0 Å². The standard InChI is InChI=1S/C21H26ClIN4O6S/c1-5-32-19(29)16-17(20(30)33-6-2)34-21(26-16)27-8-7-11(12(9-27)31-4)25-18(28)15-13(22)14(23)10(3)24-15/h11-12,24H,5-9H2,1-4H3,(H,25,28). The number of thiazole rings is 1. The number of hydrogen-bond acceptors (Lipinski definition) is 9. The van der Waals surface area contributed by atoms with Crippen LogP contribution < -0.4 is 10.2 Å². The van der Waals surface area contributed by atoms with Crippen LogP contribution in [0, 0.1) is 10.5 Å². The van der Waals surface area contributed by atoms with Crippen molar-refractivity contribution >= 4 is 68.5 Å². The van der Waals surface area contributed by atoms with E-state index in [1.807, 2.05) is 11.8 Å². The molecule has 2 N–H and O–H groups in total. The molecule has 0 bridgehead atoms. The largest absolute Gasteiger partial charge is 0.462 e. The molecule has 3 heterocycles. The Morgan fingerprint density at radius 1 is 1.26 bits per heavy atom. The van der Waals surface area contributed by atoms with Gasteiger partial charge in [-0.3, -0.25) is 4.79 Å². The van der Waals surface area contributed by atoms with Crippen molar-refractivity contribution in [3.05, 3.63) is 30.6 Å². The molecule has 1 amide bonds. The number of rotatable bonds is 8. The molecule has 2 aromatic rings. The molecule has 186 valence electrons. The average Bonchev–Trinajstić information content (AvgIpc) is 3.37. The summed E-state index contributed by atoms with van der Waals surface area (Å²) < 4.78 is 16.6. The van der Waals surface area contributed by atoms with Crippen LogP contribution in [-0.4, -0.2) is 73.4 Å². The third-order valence-electron chi connectivity index (χ3n) is 5.28. The summed E-state index contributed by atoms with van der Waals surface area (Å²) in [6.07, 6.45) is 0.203. The van der Waals surface area contributed by atoms with Crippen molar-refractivity contribution in [2.24, 2.45) is 0 Å². The Hall–Kier alpha value is -1.90. The van der Waals surface area contributed by atoms with Crippen LogP contribution in [0.15, 0.2) is 0 Å². The number of aromatic amines is 1. The molecule has 1 aliphatic rings. The quantitative estimate of drug-likeness (QED) is 0.339. The van der Waals surface area contributed by atoms with Gasteiger partial charge >= 0.3 is 11.9 Å². The van der Waals surface area contributed by atoms with Gasteiger partial charge in [0, 0.05) is 25.9 Å². The number of ether oxygens (including phenoxy) is 3. The van der Waals surface area contributed by atoms with Crippen molar-refractivity contribution in [1.82, 2.24) is 15.3 Å². The molecule has 13 heteroatoms. The van der Waals surface area contributed by atoms with E-state index in [-0.39, 0.29) is 41.8 Å². The first kappa shape index (κ1) is 26.7. The number of piperidine rings is 1. The highest BCUT2D eigenvalue weighted by Gasteiger charge is 2.35. The fourth-order valence-electron chi connectivity index (χ4n) is 3.58. The summed E-state index contributed by atoms with van der Waals surface area (Å²) in [6.45, 7) is 6.48. The minimum absolute atomic E-state index is 0.0592. The molecular formula is C21H26ClIN4O6S. The number of aromatic nitrogens is 2. The summed E-state index contributed by atoms with van der Waals surface area (Å²) in [6, 6.07) is -0.264. The molecule has 2 atom stereocenters. The smallest absolute Gasteiger partial charge is 0.358 e. The van der Waals surface area contributed by atoms with Gasteiger partial charge in [0.05, 0.1) is 34.0 Å². The van der Waals surface area contributed by atoms with E-state index in [4.69, 9.17) is 25.8 Å². The SMILES string of the molecule is CCOC(=O)c1nc(N2CCC(NC(=O)c3[nH]c(C)c(I)c3Cl)C(OC)C2)sc1C(=O)OCC. The van der Waals surface area contributed by atoms with Gasteiger partial charge in [0.25, 0.3) is 5.91 Å². The first-order valence-electron chi connectivity index (χ1n) is 10.7. The highest BCUT2D eigenvalue weighted by molar-refractivity contribution is 14.1. The van der Waals surface area contributed by atoms with Gasteiger partial charge in [0.1, 0.15) is 10.6 Å². The molecule has 3 rings (SSSR count). The Morgan fingerprint density at radius 2 is 1.94 bits per heavy atom. The number of nitrogens with one attached hydrogen (secondary N) is 2. The summed E-state index contributed by atoms with van der Waals surface area (Å²) in [4.78, 5) is 47.0. The first-order valence-corrected chi connectivity index (χ1v) is 13.0. The molecular weight excluding hydrogens is 599 g/mol. The molecule has 2 unspecified atom stereocenters. The van der Waals surface area contributed by atoms with Gasteiger partial charge in [-0.1, -0.05) is 22.9 Å². The predicted octanol–water partition coefficient (Wildman–Crippen LogP) is 3.41. The number of H-pyrrole nitrogens is 1. The van der Waals surface area contributed by atoms with E-state index in [1.165, 1.54) is 0 Å². The topological polar surface area (TPSA) is 123 Å². The number of carbonyl (C=O) groups is 3. The number of nitrogens with zero attached hydrogens (tertiary/aromatic N) is 2. The average molecular weight is 625 g/mol. The van der Waals surface area contributed by atoms with Gasteiger partial charge in [0.2, 0.25) is 0 Å². The molecule has 34 heavy (non-hydrogen) atoms. The Balaban J connectivity index is 1.77. The van der Waals surface area contributed by atoms with Gasteiger partial charge in [-0.25, -0.2) is 14.6 Å². The lowest BCUT2D eigenvalue weighted by Crippen LogP contribution is -2.55.